The molecule has 31 heavy (non-hydrogen) atoms. The number of anilines is 1. The van der Waals surface area contributed by atoms with Gasteiger partial charge in [0.2, 0.25) is 5.76 Å². The second-order valence-corrected chi connectivity index (χ2v) is 8.13. The van der Waals surface area contributed by atoms with Crippen LogP contribution in [0, 0.1) is 0 Å². The predicted molar refractivity (Wildman–Crippen MR) is 118 cm³/mol. The van der Waals surface area contributed by atoms with Crippen molar-refractivity contribution in [3.8, 4) is 11.5 Å². The molecule has 5 rings (SSSR count). The number of carbonyl (C=O) groups excluding carboxylic acids is 1. The Hall–Kier alpha value is -3.36. The van der Waals surface area contributed by atoms with Gasteiger partial charge in [-0.05, 0) is 35.9 Å². The number of rotatable bonds is 4. The molecule has 9 heteroatoms. The maximum Gasteiger partial charge on any atom is 0.297 e. The minimum Gasteiger partial charge on any atom is -0.493 e. The van der Waals surface area contributed by atoms with Gasteiger partial charge in [0.1, 0.15) is 5.58 Å². The van der Waals surface area contributed by atoms with Crippen molar-refractivity contribution in [1.82, 2.24) is 4.98 Å². The van der Waals surface area contributed by atoms with Gasteiger partial charge in [-0.2, -0.15) is 0 Å². The number of benzene rings is 2. The lowest BCUT2D eigenvalue weighted by Crippen LogP contribution is -2.29. The Labute approximate surface area is 185 Å². The van der Waals surface area contributed by atoms with Crippen LogP contribution in [0.4, 0.5) is 5.13 Å². The molecule has 0 saturated carbocycles. The van der Waals surface area contributed by atoms with Gasteiger partial charge in [-0.15, -0.1) is 11.3 Å². The SMILES string of the molecule is COc1ccc([C@@H]2c3c(oc4ccc(Cl)cc4c3=O)C(=O)N2c2nccs2)cc1OC. The Morgan fingerprint density at radius 3 is 2.61 bits per heavy atom. The summed E-state index contributed by atoms with van der Waals surface area (Å²) in [6.45, 7) is 0. The summed E-state index contributed by atoms with van der Waals surface area (Å²) < 4.78 is 16.7. The van der Waals surface area contributed by atoms with E-state index in [-0.39, 0.29) is 16.8 Å². The van der Waals surface area contributed by atoms with Crippen LogP contribution < -0.4 is 19.8 Å². The third kappa shape index (κ3) is 2.98. The fourth-order valence-corrected chi connectivity index (χ4v) is 4.65. The van der Waals surface area contributed by atoms with Crippen molar-refractivity contribution in [3.05, 3.63) is 80.1 Å². The Morgan fingerprint density at radius 2 is 1.90 bits per heavy atom. The molecule has 0 aliphatic carbocycles. The molecule has 0 bridgehead atoms. The van der Waals surface area contributed by atoms with Gasteiger partial charge < -0.3 is 13.9 Å². The van der Waals surface area contributed by atoms with E-state index in [1.807, 2.05) is 0 Å². The number of nitrogens with zero attached hydrogens (tertiary/aromatic N) is 2. The molecule has 0 spiro atoms. The van der Waals surface area contributed by atoms with Crippen LogP contribution in [0.15, 0.2) is 57.2 Å². The van der Waals surface area contributed by atoms with E-state index in [0.29, 0.717) is 38.2 Å². The Bertz CT molecular complexity index is 1380. The van der Waals surface area contributed by atoms with Crippen molar-refractivity contribution in [2.45, 2.75) is 6.04 Å². The van der Waals surface area contributed by atoms with Crippen LogP contribution in [0.3, 0.4) is 0 Å². The van der Waals surface area contributed by atoms with Crippen LogP contribution in [0.5, 0.6) is 11.5 Å². The molecule has 1 atom stereocenters. The fraction of sp³-hybridized carbons (Fsp3) is 0.136. The van der Waals surface area contributed by atoms with Crippen LogP contribution in [0.2, 0.25) is 5.02 Å². The summed E-state index contributed by atoms with van der Waals surface area (Å²) in [6.07, 6.45) is 1.60. The molecular weight excluding hydrogens is 440 g/mol. The maximum atomic E-state index is 13.5. The van der Waals surface area contributed by atoms with Gasteiger partial charge in [-0.3, -0.25) is 14.5 Å². The van der Waals surface area contributed by atoms with Crippen LogP contribution in [0.1, 0.15) is 27.7 Å². The molecule has 0 saturated heterocycles. The molecule has 0 N–H and O–H groups in total. The van der Waals surface area contributed by atoms with E-state index < -0.39 is 11.9 Å². The molecule has 3 heterocycles. The maximum absolute atomic E-state index is 13.5. The van der Waals surface area contributed by atoms with E-state index in [1.165, 1.54) is 30.5 Å². The smallest absolute Gasteiger partial charge is 0.297 e. The van der Waals surface area contributed by atoms with Gasteiger partial charge in [-0.1, -0.05) is 17.7 Å². The molecule has 2 aromatic carbocycles. The molecule has 1 amide bonds. The van der Waals surface area contributed by atoms with Crippen molar-refractivity contribution >= 4 is 44.9 Å². The summed E-state index contributed by atoms with van der Waals surface area (Å²) in [5.74, 6) is 0.579. The number of hydrogen-bond acceptors (Lipinski definition) is 7. The van der Waals surface area contributed by atoms with Gasteiger partial charge in [0.15, 0.2) is 22.1 Å². The number of fused-ring (bicyclic) bond motifs is 2. The van der Waals surface area contributed by atoms with Gasteiger partial charge in [0, 0.05) is 16.6 Å². The largest absolute Gasteiger partial charge is 0.493 e. The number of aromatic nitrogens is 1. The van der Waals surface area contributed by atoms with Gasteiger partial charge in [-0.25, -0.2) is 4.98 Å². The van der Waals surface area contributed by atoms with Crippen LogP contribution in [-0.2, 0) is 0 Å². The predicted octanol–water partition coefficient (Wildman–Crippen LogP) is 4.67. The summed E-state index contributed by atoms with van der Waals surface area (Å²) in [4.78, 5) is 32.7. The Morgan fingerprint density at radius 1 is 1.10 bits per heavy atom. The third-order valence-electron chi connectivity index (χ3n) is 5.18. The summed E-state index contributed by atoms with van der Waals surface area (Å²) in [5.41, 5.74) is 0.885. The average Bonchev–Trinajstić information content (AvgIpc) is 3.40. The number of methoxy groups -OCH3 is 2. The van der Waals surface area contributed by atoms with Crippen molar-refractivity contribution in [3.63, 3.8) is 0 Å². The number of ether oxygens (including phenoxy) is 2. The molecule has 156 valence electrons. The van der Waals surface area contributed by atoms with E-state index in [4.69, 9.17) is 25.5 Å². The zero-order chi connectivity index (χ0) is 21.7. The highest BCUT2D eigenvalue weighted by molar-refractivity contribution is 7.13. The molecule has 0 radical (unpaired) electrons. The van der Waals surface area contributed by atoms with E-state index in [2.05, 4.69) is 4.98 Å². The number of carbonyl (C=O) groups is 1. The lowest BCUT2D eigenvalue weighted by Gasteiger charge is -2.23. The van der Waals surface area contributed by atoms with Crippen molar-refractivity contribution in [2.24, 2.45) is 0 Å². The highest BCUT2D eigenvalue weighted by atomic mass is 35.5. The molecule has 1 aliphatic rings. The minimum absolute atomic E-state index is 0.00481. The monoisotopic (exact) mass is 454 g/mol. The molecular formula is C22H15ClN2O5S. The normalized spacial score (nSPS) is 15.4. The zero-order valence-electron chi connectivity index (χ0n) is 16.4. The van der Waals surface area contributed by atoms with Crippen molar-refractivity contribution in [1.29, 1.82) is 0 Å². The Kier molecular flexibility index (Phi) is 4.68. The van der Waals surface area contributed by atoms with E-state index in [1.54, 1.807) is 48.0 Å². The second-order valence-electron chi connectivity index (χ2n) is 6.82. The topological polar surface area (TPSA) is 81.9 Å². The first kappa shape index (κ1) is 19.6. The molecule has 7 nitrogen and oxygen atoms in total. The lowest BCUT2D eigenvalue weighted by molar-refractivity contribution is 0.0971. The van der Waals surface area contributed by atoms with Crippen molar-refractivity contribution in [2.75, 3.05) is 19.1 Å². The number of hydrogen-bond donors (Lipinski definition) is 0. The lowest BCUT2D eigenvalue weighted by atomic mass is 9.98. The quantitative estimate of drug-likeness (QED) is 0.445. The average molecular weight is 455 g/mol. The van der Waals surface area contributed by atoms with Crippen LogP contribution in [-0.4, -0.2) is 25.1 Å². The van der Waals surface area contributed by atoms with Gasteiger partial charge in [0.05, 0.1) is 31.2 Å². The molecule has 0 unspecified atom stereocenters. The standard InChI is InChI=1S/C22H15ClN2O5S/c1-28-15-5-3-11(9-16(15)29-2)18-17-19(26)13-10-12(23)4-6-14(13)30-20(17)21(27)25(18)22-24-7-8-31-22/h3-10,18H,1-2H3/t18-/m1/s1. The zero-order valence-corrected chi connectivity index (χ0v) is 18.0. The summed E-state index contributed by atoms with van der Waals surface area (Å²) in [5, 5.41) is 2.94. The van der Waals surface area contributed by atoms with E-state index in [9.17, 15) is 9.59 Å². The van der Waals surface area contributed by atoms with E-state index in [0.717, 1.165) is 0 Å². The van der Waals surface area contributed by atoms with Crippen LogP contribution >= 0.6 is 22.9 Å². The summed E-state index contributed by atoms with van der Waals surface area (Å²) >= 11 is 7.41. The first-order valence-corrected chi connectivity index (χ1v) is 10.5. The number of halogens is 1. The Balaban J connectivity index is 1.81. The summed E-state index contributed by atoms with van der Waals surface area (Å²) in [7, 11) is 3.07. The molecule has 2 aromatic heterocycles. The third-order valence-corrected chi connectivity index (χ3v) is 6.19. The van der Waals surface area contributed by atoms with E-state index >= 15 is 0 Å². The summed E-state index contributed by atoms with van der Waals surface area (Å²) in [6, 6.07) is 9.27. The van der Waals surface area contributed by atoms with Gasteiger partial charge >= 0.3 is 0 Å². The molecule has 1 aliphatic heterocycles. The van der Waals surface area contributed by atoms with Gasteiger partial charge in [0.25, 0.3) is 5.91 Å². The molecule has 4 aromatic rings. The second kappa shape index (κ2) is 7.40. The van der Waals surface area contributed by atoms with Crippen molar-refractivity contribution < 1.29 is 18.7 Å². The number of thiazole rings is 1. The fourth-order valence-electron chi connectivity index (χ4n) is 3.82. The minimum atomic E-state index is -0.743. The highest BCUT2D eigenvalue weighted by Gasteiger charge is 2.45. The molecule has 0 fully saturated rings. The first-order chi connectivity index (χ1) is 15.0. The first-order valence-electron chi connectivity index (χ1n) is 9.24. The van der Waals surface area contributed by atoms with Crippen LogP contribution in [0.25, 0.3) is 11.0 Å². The number of amides is 1. The highest BCUT2D eigenvalue weighted by Crippen LogP contribution is 2.43.